The SMILES string of the molecule is COc1ccc(-c2csc(NC(=O)CSCC(=O)N3CCC(C)CC3)n2)cc1. The number of hydrogen-bond donors (Lipinski definition) is 1. The van der Waals surface area contributed by atoms with Crippen LogP contribution in [0.2, 0.25) is 0 Å². The summed E-state index contributed by atoms with van der Waals surface area (Å²) < 4.78 is 5.16. The number of nitrogens with zero attached hydrogens (tertiary/aromatic N) is 2. The van der Waals surface area contributed by atoms with Gasteiger partial charge in [-0.2, -0.15) is 0 Å². The molecule has 1 N–H and O–H groups in total. The number of thiazole rings is 1. The molecular formula is C20H25N3O3S2. The number of rotatable bonds is 7. The summed E-state index contributed by atoms with van der Waals surface area (Å²) >= 11 is 2.74. The molecular weight excluding hydrogens is 394 g/mol. The van der Waals surface area contributed by atoms with Gasteiger partial charge >= 0.3 is 0 Å². The van der Waals surface area contributed by atoms with E-state index in [-0.39, 0.29) is 17.6 Å². The van der Waals surface area contributed by atoms with Gasteiger partial charge in [-0.15, -0.1) is 23.1 Å². The van der Waals surface area contributed by atoms with E-state index in [9.17, 15) is 9.59 Å². The van der Waals surface area contributed by atoms with E-state index >= 15 is 0 Å². The molecule has 2 amide bonds. The lowest BCUT2D eigenvalue weighted by atomic mass is 9.99. The van der Waals surface area contributed by atoms with Gasteiger partial charge < -0.3 is 15.0 Å². The molecule has 0 bridgehead atoms. The molecule has 8 heteroatoms. The Labute approximate surface area is 173 Å². The lowest BCUT2D eigenvalue weighted by Crippen LogP contribution is -2.39. The monoisotopic (exact) mass is 419 g/mol. The number of likely N-dealkylation sites (tertiary alicyclic amines) is 1. The molecule has 1 fully saturated rings. The fourth-order valence-corrected chi connectivity index (χ4v) is 4.41. The molecule has 2 aromatic rings. The number of ether oxygens (including phenoxy) is 1. The third-order valence-electron chi connectivity index (χ3n) is 4.73. The van der Waals surface area contributed by atoms with Gasteiger partial charge in [0.2, 0.25) is 11.8 Å². The van der Waals surface area contributed by atoms with Crippen molar-refractivity contribution in [3.63, 3.8) is 0 Å². The molecule has 0 radical (unpaired) electrons. The Morgan fingerprint density at radius 3 is 2.64 bits per heavy atom. The number of anilines is 1. The molecule has 1 aliphatic heterocycles. The summed E-state index contributed by atoms with van der Waals surface area (Å²) in [6.45, 7) is 3.89. The van der Waals surface area contributed by atoms with E-state index < -0.39 is 0 Å². The maximum absolute atomic E-state index is 12.2. The average molecular weight is 420 g/mol. The highest BCUT2D eigenvalue weighted by Crippen LogP contribution is 2.26. The number of aromatic nitrogens is 1. The van der Waals surface area contributed by atoms with E-state index in [1.807, 2.05) is 34.5 Å². The Morgan fingerprint density at radius 1 is 1.25 bits per heavy atom. The zero-order valence-corrected chi connectivity index (χ0v) is 17.8. The van der Waals surface area contributed by atoms with Gasteiger partial charge in [-0.1, -0.05) is 6.92 Å². The second kappa shape index (κ2) is 9.93. The number of thioether (sulfide) groups is 1. The van der Waals surface area contributed by atoms with E-state index in [1.54, 1.807) is 7.11 Å². The van der Waals surface area contributed by atoms with Gasteiger partial charge in [-0.25, -0.2) is 4.98 Å². The molecule has 0 atom stereocenters. The number of hydrogen-bond acceptors (Lipinski definition) is 6. The average Bonchev–Trinajstić information content (AvgIpc) is 3.17. The predicted octanol–water partition coefficient (Wildman–Crippen LogP) is 3.75. The van der Waals surface area contributed by atoms with E-state index in [2.05, 4.69) is 17.2 Å². The quantitative estimate of drug-likeness (QED) is 0.740. The fourth-order valence-electron chi connectivity index (χ4n) is 2.96. The lowest BCUT2D eigenvalue weighted by molar-refractivity contribution is -0.129. The molecule has 0 aliphatic carbocycles. The van der Waals surface area contributed by atoms with Crippen molar-refractivity contribution in [1.82, 2.24) is 9.88 Å². The topological polar surface area (TPSA) is 71.5 Å². The first kappa shape index (κ1) is 20.7. The Balaban J connectivity index is 1.42. The minimum absolute atomic E-state index is 0.126. The molecule has 6 nitrogen and oxygen atoms in total. The molecule has 2 heterocycles. The highest BCUT2D eigenvalue weighted by molar-refractivity contribution is 8.00. The Kier molecular flexibility index (Phi) is 7.33. The molecule has 0 saturated carbocycles. The van der Waals surface area contributed by atoms with Gasteiger partial charge in [-0.3, -0.25) is 9.59 Å². The molecule has 3 rings (SSSR count). The van der Waals surface area contributed by atoms with E-state index in [4.69, 9.17) is 4.74 Å². The first-order valence-electron chi connectivity index (χ1n) is 9.30. The van der Waals surface area contributed by atoms with Crippen LogP contribution < -0.4 is 10.1 Å². The summed E-state index contributed by atoms with van der Waals surface area (Å²) in [7, 11) is 1.63. The van der Waals surface area contributed by atoms with Crippen molar-refractivity contribution in [3.05, 3.63) is 29.6 Å². The Hall–Kier alpha value is -2.06. The third-order valence-corrected chi connectivity index (χ3v) is 6.41. The van der Waals surface area contributed by atoms with Gasteiger partial charge in [-0.05, 0) is 43.0 Å². The smallest absolute Gasteiger partial charge is 0.236 e. The second-order valence-electron chi connectivity index (χ2n) is 6.87. The molecule has 1 aromatic heterocycles. The molecule has 150 valence electrons. The van der Waals surface area contributed by atoms with Crippen LogP contribution in [-0.2, 0) is 9.59 Å². The van der Waals surface area contributed by atoms with Crippen LogP contribution in [0, 0.1) is 5.92 Å². The highest BCUT2D eigenvalue weighted by atomic mass is 32.2. The van der Waals surface area contributed by atoms with Crippen LogP contribution in [0.25, 0.3) is 11.3 Å². The zero-order chi connectivity index (χ0) is 19.9. The normalized spacial score (nSPS) is 14.7. The van der Waals surface area contributed by atoms with E-state index in [0.717, 1.165) is 42.9 Å². The van der Waals surface area contributed by atoms with E-state index in [0.29, 0.717) is 16.8 Å². The molecule has 28 heavy (non-hydrogen) atoms. The maximum atomic E-state index is 12.2. The minimum atomic E-state index is -0.138. The molecule has 0 spiro atoms. The lowest BCUT2D eigenvalue weighted by Gasteiger charge is -2.30. The summed E-state index contributed by atoms with van der Waals surface area (Å²) in [6.07, 6.45) is 2.13. The number of piperidine rings is 1. The number of carbonyl (C=O) groups excluding carboxylic acids is 2. The van der Waals surface area contributed by atoms with Crippen molar-refractivity contribution in [2.45, 2.75) is 19.8 Å². The van der Waals surface area contributed by atoms with Gasteiger partial charge in [0.25, 0.3) is 0 Å². The number of amides is 2. The highest BCUT2D eigenvalue weighted by Gasteiger charge is 2.20. The third kappa shape index (κ3) is 5.72. The van der Waals surface area contributed by atoms with Crippen molar-refractivity contribution in [1.29, 1.82) is 0 Å². The van der Waals surface area contributed by atoms with Crippen LogP contribution in [-0.4, -0.2) is 53.4 Å². The van der Waals surface area contributed by atoms with Crippen molar-refractivity contribution >= 4 is 40.0 Å². The number of nitrogens with one attached hydrogen (secondary N) is 1. The molecule has 1 aliphatic rings. The number of benzene rings is 1. The van der Waals surface area contributed by atoms with Crippen molar-refractivity contribution < 1.29 is 14.3 Å². The summed E-state index contributed by atoms with van der Waals surface area (Å²) in [5, 5.41) is 5.28. The first-order chi connectivity index (χ1) is 13.5. The zero-order valence-electron chi connectivity index (χ0n) is 16.1. The minimum Gasteiger partial charge on any atom is -0.497 e. The molecule has 1 aromatic carbocycles. The Bertz CT molecular complexity index is 799. The van der Waals surface area contributed by atoms with Gasteiger partial charge in [0.15, 0.2) is 5.13 Å². The van der Waals surface area contributed by atoms with Crippen LogP contribution in [0.1, 0.15) is 19.8 Å². The summed E-state index contributed by atoms with van der Waals surface area (Å²) in [4.78, 5) is 30.7. The van der Waals surface area contributed by atoms with Crippen molar-refractivity contribution in [2.24, 2.45) is 5.92 Å². The largest absolute Gasteiger partial charge is 0.497 e. The Morgan fingerprint density at radius 2 is 1.96 bits per heavy atom. The second-order valence-corrected chi connectivity index (χ2v) is 8.71. The number of methoxy groups -OCH3 is 1. The molecule has 0 unspecified atom stereocenters. The molecule has 1 saturated heterocycles. The predicted molar refractivity (Wildman–Crippen MR) is 115 cm³/mol. The van der Waals surface area contributed by atoms with Gasteiger partial charge in [0.1, 0.15) is 5.75 Å². The number of carbonyl (C=O) groups is 2. The van der Waals surface area contributed by atoms with Gasteiger partial charge in [0, 0.05) is 24.0 Å². The van der Waals surface area contributed by atoms with Crippen LogP contribution in [0.15, 0.2) is 29.6 Å². The van der Waals surface area contributed by atoms with Crippen molar-refractivity contribution in [3.8, 4) is 17.0 Å². The summed E-state index contributed by atoms with van der Waals surface area (Å²) in [6, 6.07) is 7.62. The van der Waals surface area contributed by atoms with E-state index in [1.165, 1.54) is 23.1 Å². The summed E-state index contributed by atoms with van der Waals surface area (Å²) in [5.41, 5.74) is 1.78. The van der Waals surface area contributed by atoms with Crippen LogP contribution >= 0.6 is 23.1 Å². The van der Waals surface area contributed by atoms with Crippen LogP contribution in [0.4, 0.5) is 5.13 Å². The standard InChI is InChI=1S/C20H25N3O3S2/c1-14-7-9-23(10-8-14)19(25)13-27-12-18(24)22-20-21-17(11-28-20)15-3-5-16(26-2)6-4-15/h3-6,11,14H,7-10,12-13H2,1-2H3,(H,21,22,24). The maximum Gasteiger partial charge on any atom is 0.236 e. The van der Waals surface area contributed by atoms with Gasteiger partial charge in [0.05, 0.1) is 24.3 Å². The van der Waals surface area contributed by atoms with Crippen molar-refractivity contribution in [2.75, 3.05) is 37.0 Å². The van der Waals surface area contributed by atoms with Crippen LogP contribution in [0.5, 0.6) is 5.75 Å². The summed E-state index contributed by atoms with van der Waals surface area (Å²) in [5.74, 6) is 2.06. The van der Waals surface area contributed by atoms with Crippen LogP contribution in [0.3, 0.4) is 0 Å². The fraction of sp³-hybridized carbons (Fsp3) is 0.450. The first-order valence-corrected chi connectivity index (χ1v) is 11.3.